The fraction of sp³-hybridized carbons (Fsp3) is 0.286. The Bertz CT molecular complexity index is 724. The SMILES string of the molecule is CCCCC(=N)c1ccccc1C1C(C)=Cc2ccccc21. The van der Waals surface area contributed by atoms with Crippen molar-refractivity contribution in [2.45, 2.75) is 39.0 Å². The van der Waals surface area contributed by atoms with Crippen LogP contribution in [0.2, 0.25) is 0 Å². The van der Waals surface area contributed by atoms with Crippen molar-refractivity contribution in [2.24, 2.45) is 0 Å². The summed E-state index contributed by atoms with van der Waals surface area (Å²) in [5, 5.41) is 8.47. The van der Waals surface area contributed by atoms with Gasteiger partial charge in [-0.3, -0.25) is 0 Å². The number of benzene rings is 2. The number of nitrogens with one attached hydrogen (secondary N) is 1. The Morgan fingerprint density at radius 3 is 2.45 bits per heavy atom. The molecule has 0 aromatic heterocycles. The molecule has 1 heteroatoms. The molecule has 0 radical (unpaired) electrons. The summed E-state index contributed by atoms with van der Waals surface area (Å²) in [6.45, 7) is 4.39. The van der Waals surface area contributed by atoms with Crippen molar-refractivity contribution in [3.05, 3.63) is 76.4 Å². The molecule has 1 nitrogen and oxygen atoms in total. The molecule has 0 fully saturated rings. The molecule has 0 heterocycles. The first-order valence-corrected chi connectivity index (χ1v) is 8.16. The van der Waals surface area contributed by atoms with E-state index in [1.807, 2.05) is 0 Å². The van der Waals surface area contributed by atoms with Crippen molar-refractivity contribution in [2.75, 3.05) is 0 Å². The second-order valence-electron chi connectivity index (χ2n) is 6.12. The van der Waals surface area contributed by atoms with Crippen LogP contribution in [0.5, 0.6) is 0 Å². The van der Waals surface area contributed by atoms with Gasteiger partial charge in [-0.1, -0.05) is 73.5 Å². The third kappa shape index (κ3) is 2.64. The number of allylic oxidation sites excluding steroid dienone is 1. The smallest absolute Gasteiger partial charge is 0.0389 e. The van der Waals surface area contributed by atoms with Gasteiger partial charge in [-0.25, -0.2) is 0 Å². The summed E-state index contributed by atoms with van der Waals surface area (Å²) in [6, 6.07) is 17.1. The highest BCUT2D eigenvalue weighted by atomic mass is 14.4. The molecule has 112 valence electrons. The van der Waals surface area contributed by atoms with Crippen LogP contribution < -0.4 is 0 Å². The zero-order valence-corrected chi connectivity index (χ0v) is 13.4. The maximum absolute atomic E-state index is 8.47. The Morgan fingerprint density at radius 2 is 1.68 bits per heavy atom. The first-order valence-electron chi connectivity index (χ1n) is 8.16. The maximum atomic E-state index is 8.47. The molecular weight excluding hydrogens is 266 g/mol. The highest BCUT2D eigenvalue weighted by Gasteiger charge is 2.26. The highest BCUT2D eigenvalue weighted by Crippen LogP contribution is 2.41. The Labute approximate surface area is 133 Å². The normalized spacial score (nSPS) is 16.3. The fourth-order valence-electron chi connectivity index (χ4n) is 3.40. The van der Waals surface area contributed by atoms with E-state index < -0.39 is 0 Å². The van der Waals surface area contributed by atoms with E-state index in [0.29, 0.717) is 5.92 Å². The zero-order valence-electron chi connectivity index (χ0n) is 13.4. The minimum absolute atomic E-state index is 0.300. The van der Waals surface area contributed by atoms with Crippen molar-refractivity contribution in [1.82, 2.24) is 0 Å². The van der Waals surface area contributed by atoms with Crippen LogP contribution in [0.15, 0.2) is 54.1 Å². The summed E-state index contributed by atoms with van der Waals surface area (Å²) in [4.78, 5) is 0. The van der Waals surface area contributed by atoms with E-state index in [1.165, 1.54) is 22.3 Å². The van der Waals surface area contributed by atoms with Crippen LogP contribution in [0.25, 0.3) is 6.08 Å². The monoisotopic (exact) mass is 289 g/mol. The second-order valence-corrected chi connectivity index (χ2v) is 6.12. The lowest BCUT2D eigenvalue weighted by Crippen LogP contribution is -2.09. The van der Waals surface area contributed by atoms with Gasteiger partial charge in [0.25, 0.3) is 0 Å². The van der Waals surface area contributed by atoms with Crippen LogP contribution in [0.4, 0.5) is 0 Å². The topological polar surface area (TPSA) is 23.9 Å². The Hall–Kier alpha value is -2.15. The highest BCUT2D eigenvalue weighted by molar-refractivity contribution is 6.00. The van der Waals surface area contributed by atoms with Gasteiger partial charge in [0.2, 0.25) is 0 Å². The maximum Gasteiger partial charge on any atom is 0.0389 e. The Kier molecular flexibility index (Phi) is 4.24. The summed E-state index contributed by atoms with van der Waals surface area (Å²) in [7, 11) is 0. The number of hydrogen-bond donors (Lipinski definition) is 1. The first kappa shape index (κ1) is 14.8. The Balaban J connectivity index is 2.03. The summed E-state index contributed by atoms with van der Waals surface area (Å²) < 4.78 is 0. The zero-order chi connectivity index (χ0) is 15.5. The van der Waals surface area contributed by atoms with E-state index in [1.54, 1.807) is 0 Å². The van der Waals surface area contributed by atoms with Gasteiger partial charge in [-0.05, 0) is 42.0 Å². The predicted molar refractivity (Wildman–Crippen MR) is 94.7 cm³/mol. The molecule has 0 saturated carbocycles. The van der Waals surface area contributed by atoms with Crippen molar-refractivity contribution in [3.63, 3.8) is 0 Å². The molecule has 2 aromatic carbocycles. The summed E-state index contributed by atoms with van der Waals surface area (Å²) in [5.41, 5.74) is 7.23. The number of hydrogen-bond acceptors (Lipinski definition) is 1. The number of rotatable bonds is 5. The lowest BCUT2D eigenvalue weighted by molar-refractivity contribution is 0.831. The molecule has 2 aromatic rings. The van der Waals surface area contributed by atoms with Gasteiger partial charge in [-0.15, -0.1) is 0 Å². The van der Waals surface area contributed by atoms with Crippen molar-refractivity contribution in [3.8, 4) is 0 Å². The van der Waals surface area contributed by atoms with Gasteiger partial charge in [0.15, 0.2) is 0 Å². The molecule has 0 amide bonds. The van der Waals surface area contributed by atoms with Gasteiger partial charge >= 0.3 is 0 Å². The third-order valence-corrected chi connectivity index (χ3v) is 4.52. The van der Waals surface area contributed by atoms with Crippen molar-refractivity contribution >= 4 is 11.8 Å². The molecule has 0 saturated heterocycles. The molecule has 22 heavy (non-hydrogen) atoms. The average molecular weight is 289 g/mol. The summed E-state index contributed by atoms with van der Waals surface area (Å²) in [5.74, 6) is 0.300. The molecule has 1 unspecified atom stereocenters. The van der Waals surface area contributed by atoms with Gasteiger partial charge in [0, 0.05) is 11.6 Å². The molecule has 1 N–H and O–H groups in total. The number of fused-ring (bicyclic) bond motifs is 1. The largest absolute Gasteiger partial charge is 0.305 e. The average Bonchev–Trinajstić information content (AvgIpc) is 2.88. The van der Waals surface area contributed by atoms with Crippen LogP contribution in [0.1, 0.15) is 61.3 Å². The summed E-state index contributed by atoms with van der Waals surface area (Å²) >= 11 is 0. The number of unbranched alkanes of at least 4 members (excludes halogenated alkanes) is 1. The van der Waals surface area contributed by atoms with Crippen molar-refractivity contribution in [1.29, 1.82) is 5.41 Å². The molecule has 1 aliphatic carbocycles. The minimum Gasteiger partial charge on any atom is -0.305 e. The molecule has 1 atom stereocenters. The van der Waals surface area contributed by atoms with Crippen LogP contribution >= 0.6 is 0 Å². The van der Waals surface area contributed by atoms with Gasteiger partial charge < -0.3 is 5.41 Å². The second kappa shape index (κ2) is 6.31. The fourth-order valence-corrected chi connectivity index (χ4v) is 3.40. The van der Waals surface area contributed by atoms with E-state index >= 15 is 0 Å². The molecule has 3 rings (SSSR count). The Morgan fingerprint density at radius 1 is 1.00 bits per heavy atom. The van der Waals surface area contributed by atoms with E-state index in [0.717, 1.165) is 30.5 Å². The molecular formula is C21H23N. The standard InChI is InChI=1S/C21H23N/c1-3-4-13-20(22)18-11-7-8-12-19(18)21-15(2)14-16-9-5-6-10-17(16)21/h5-12,14,21-22H,3-4,13H2,1-2H3. The third-order valence-electron chi connectivity index (χ3n) is 4.52. The van der Waals surface area contributed by atoms with Crippen molar-refractivity contribution < 1.29 is 0 Å². The van der Waals surface area contributed by atoms with Gasteiger partial charge in [-0.2, -0.15) is 0 Å². The minimum atomic E-state index is 0.300. The lowest BCUT2D eigenvalue weighted by atomic mass is 9.84. The summed E-state index contributed by atoms with van der Waals surface area (Å²) in [6.07, 6.45) is 5.37. The first-order chi connectivity index (χ1) is 10.7. The molecule has 1 aliphatic rings. The van der Waals surface area contributed by atoms with E-state index in [2.05, 4.69) is 68.5 Å². The molecule has 0 bridgehead atoms. The van der Waals surface area contributed by atoms with Crippen LogP contribution in [-0.2, 0) is 0 Å². The molecule has 0 aliphatic heterocycles. The van der Waals surface area contributed by atoms with E-state index in [-0.39, 0.29) is 0 Å². The quantitative estimate of drug-likeness (QED) is 0.673. The van der Waals surface area contributed by atoms with E-state index in [4.69, 9.17) is 5.41 Å². The van der Waals surface area contributed by atoms with Crippen LogP contribution in [0, 0.1) is 5.41 Å². The predicted octanol–water partition coefficient (Wildman–Crippen LogP) is 5.79. The van der Waals surface area contributed by atoms with E-state index in [9.17, 15) is 0 Å². The van der Waals surface area contributed by atoms with Gasteiger partial charge in [0.1, 0.15) is 0 Å². The molecule has 0 spiro atoms. The van der Waals surface area contributed by atoms with Crippen LogP contribution in [-0.4, -0.2) is 5.71 Å². The lowest BCUT2D eigenvalue weighted by Gasteiger charge is -2.19. The van der Waals surface area contributed by atoms with Gasteiger partial charge in [0.05, 0.1) is 0 Å². The van der Waals surface area contributed by atoms with Crippen LogP contribution in [0.3, 0.4) is 0 Å².